The molecule has 1 aromatic carbocycles. The number of carbonyl (C=O) groups is 1. The second kappa shape index (κ2) is 7.80. The summed E-state index contributed by atoms with van der Waals surface area (Å²) >= 11 is 7.80. The third-order valence-corrected chi connectivity index (χ3v) is 4.54. The van der Waals surface area contributed by atoms with E-state index in [1.807, 2.05) is 17.5 Å². The van der Waals surface area contributed by atoms with Crippen molar-refractivity contribution in [2.24, 2.45) is 0 Å². The van der Waals surface area contributed by atoms with Gasteiger partial charge in [-0.25, -0.2) is 4.79 Å². The van der Waals surface area contributed by atoms with E-state index >= 15 is 0 Å². The minimum atomic E-state index is -1.18. The highest BCUT2D eigenvalue weighted by Gasteiger charge is 2.36. The molecule has 0 amide bonds. The third kappa shape index (κ3) is 4.20. The quantitative estimate of drug-likeness (QED) is 0.833. The van der Waals surface area contributed by atoms with E-state index in [-0.39, 0.29) is 12.4 Å². The van der Waals surface area contributed by atoms with Crippen molar-refractivity contribution in [1.82, 2.24) is 5.32 Å². The van der Waals surface area contributed by atoms with Crippen LogP contribution < -0.4 is 5.32 Å². The lowest BCUT2D eigenvalue weighted by atomic mass is 9.92. The predicted molar refractivity (Wildman–Crippen MR) is 89.7 cm³/mol. The number of thiophene rings is 1. The molecule has 2 N–H and O–H groups in total. The molecule has 0 bridgehead atoms. The standard InChI is InChI=1S/C15H16ClNO2S.ClH/c1-15(14(18)19,12-6-2-3-7-13(12)16)17-9-8-11-5-4-10-20-11;/h2-7,10,17H,8-9H2,1H3,(H,18,19);1H/t15-;/m0./s1. The van der Waals surface area contributed by atoms with Gasteiger partial charge in [0.05, 0.1) is 0 Å². The number of carboxylic acids is 1. The molecule has 6 heteroatoms. The van der Waals surface area contributed by atoms with Crippen LogP contribution >= 0.6 is 35.3 Å². The molecule has 3 nitrogen and oxygen atoms in total. The molecular formula is C15H17Cl2NO2S. The third-order valence-electron chi connectivity index (χ3n) is 3.27. The van der Waals surface area contributed by atoms with E-state index in [1.165, 1.54) is 4.88 Å². The molecule has 1 aromatic heterocycles. The first-order valence-corrected chi connectivity index (χ1v) is 7.55. The Balaban J connectivity index is 0.00000220. The molecule has 1 atom stereocenters. The summed E-state index contributed by atoms with van der Waals surface area (Å²) in [5, 5.41) is 15.1. The average Bonchev–Trinajstić information content (AvgIpc) is 2.92. The van der Waals surface area contributed by atoms with Crippen molar-refractivity contribution in [2.75, 3.05) is 6.54 Å². The Labute approximate surface area is 139 Å². The Morgan fingerprint density at radius 3 is 2.62 bits per heavy atom. The molecule has 0 aliphatic carbocycles. The summed E-state index contributed by atoms with van der Waals surface area (Å²) in [6.07, 6.45) is 0.797. The molecular weight excluding hydrogens is 329 g/mol. The summed E-state index contributed by atoms with van der Waals surface area (Å²) in [5.41, 5.74) is -0.601. The zero-order valence-corrected chi connectivity index (χ0v) is 13.9. The first-order valence-electron chi connectivity index (χ1n) is 6.30. The molecule has 0 radical (unpaired) electrons. The van der Waals surface area contributed by atoms with Crippen LogP contribution in [0.1, 0.15) is 17.4 Å². The Bertz CT molecular complexity index is 589. The van der Waals surface area contributed by atoms with E-state index < -0.39 is 11.5 Å². The van der Waals surface area contributed by atoms with Gasteiger partial charge in [0.15, 0.2) is 0 Å². The molecule has 21 heavy (non-hydrogen) atoms. The molecule has 0 unspecified atom stereocenters. The molecule has 2 rings (SSSR count). The number of nitrogens with one attached hydrogen (secondary N) is 1. The summed E-state index contributed by atoms with van der Waals surface area (Å²) in [6, 6.07) is 11.1. The molecule has 0 aliphatic rings. The van der Waals surface area contributed by atoms with E-state index in [1.54, 1.807) is 42.5 Å². The molecule has 0 saturated heterocycles. The van der Waals surface area contributed by atoms with Gasteiger partial charge < -0.3 is 5.11 Å². The second-order valence-electron chi connectivity index (χ2n) is 4.67. The average molecular weight is 346 g/mol. The Hall–Kier alpha value is -1.07. The summed E-state index contributed by atoms with van der Waals surface area (Å²) < 4.78 is 0. The maximum atomic E-state index is 11.6. The van der Waals surface area contributed by atoms with Crippen molar-refractivity contribution in [3.05, 3.63) is 57.2 Å². The minimum absolute atomic E-state index is 0. The van der Waals surface area contributed by atoms with Crippen LogP contribution in [0.2, 0.25) is 5.02 Å². The van der Waals surface area contributed by atoms with Crippen molar-refractivity contribution in [3.63, 3.8) is 0 Å². The molecule has 0 fully saturated rings. The highest BCUT2D eigenvalue weighted by atomic mass is 35.5. The topological polar surface area (TPSA) is 49.3 Å². The molecule has 2 aromatic rings. The van der Waals surface area contributed by atoms with E-state index in [4.69, 9.17) is 11.6 Å². The van der Waals surface area contributed by atoms with Crippen molar-refractivity contribution >= 4 is 41.3 Å². The Morgan fingerprint density at radius 2 is 2.05 bits per heavy atom. The first kappa shape index (κ1) is 18.0. The van der Waals surface area contributed by atoms with Gasteiger partial charge in [0.1, 0.15) is 5.54 Å². The number of rotatable bonds is 6. The van der Waals surface area contributed by atoms with E-state index in [0.717, 1.165) is 6.42 Å². The van der Waals surface area contributed by atoms with Gasteiger partial charge >= 0.3 is 5.97 Å². The van der Waals surface area contributed by atoms with Crippen LogP contribution in [0.25, 0.3) is 0 Å². The van der Waals surface area contributed by atoms with Gasteiger partial charge in [-0.15, -0.1) is 23.7 Å². The van der Waals surface area contributed by atoms with Crippen LogP contribution in [0, 0.1) is 0 Å². The first-order chi connectivity index (χ1) is 9.54. The number of aliphatic carboxylic acids is 1. The largest absolute Gasteiger partial charge is 0.480 e. The molecule has 0 aliphatic heterocycles. The second-order valence-corrected chi connectivity index (χ2v) is 6.11. The number of carboxylic acid groups (broad SMARTS) is 1. The van der Waals surface area contributed by atoms with Gasteiger partial charge in [0.2, 0.25) is 0 Å². The van der Waals surface area contributed by atoms with Crippen LogP contribution in [-0.4, -0.2) is 17.6 Å². The fourth-order valence-electron chi connectivity index (χ4n) is 2.04. The van der Waals surface area contributed by atoms with Crippen molar-refractivity contribution in [3.8, 4) is 0 Å². The normalized spacial score (nSPS) is 13.2. The van der Waals surface area contributed by atoms with Crippen molar-refractivity contribution in [1.29, 1.82) is 0 Å². The van der Waals surface area contributed by atoms with Crippen LogP contribution in [0.4, 0.5) is 0 Å². The monoisotopic (exact) mass is 345 g/mol. The van der Waals surface area contributed by atoms with E-state index in [0.29, 0.717) is 17.1 Å². The maximum absolute atomic E-state index is 11.6. The highest BCUT2D eigenvalue weighted by molar-refractivity contribution is 7.09. The predicted octanol–water partition coefficient (Wildman–Crippen LogP) is 3.96. The fraction of sp³-hybridized carbons (Fsp3) is 0.267. The maximum Gasteiger partial charge on any atom is 0.328 e. The Morgan fingerprint density at radius 1 is 1.33 bits per heavy atom. The van der Waals surface area contributed by atoms with Gasteiger partial charge in [-0.1, -0.05) is 35.9 Å². The zero-order chi connectivity index (χ0) is 14.6. The van der Waals surface area contributed by atoms with Crippen LogP contribution in [0.15, 0.2) is 41.8 Å². The Kier molecular flexibility index (Phi) is 6.68. The van der Waals surface area contributed by atoms with Crippen molar-refractivity contribution < 1.29 is 9.90 Å². The van der Waals surface area contributed by atoms with Gasteiger partial charge in [-0.3, -0.25) is 5.32 Å². The van der Waals surface area contributed by atoms with Crippen LogP contribution in [-0.2, 0) is 16.8 Å². The zero-order valence-electron chi connectivity index (χ0n) is 11.5. The van der Waals surface area contributed by atoms with Crippen LogP contribution in [0.5, 0.6) is 0 Å². The lowest BCUT2D eigenvalue weighted by Crippen LogP contribution is -2.47. The van der Waals surface area contributed by atoms with Gasteiger partial charge in [0, 0.05) is 22.0 Å². The number of hydrogen-bond donors (Lipinski definition) is 2. The van der Waals surface area contributed by atoms with Crippen molar-refractivity contribution in [2.45, 2.75) is 18.9 Å². The smallest absolute Gasteiger partial charge is 0.328 e. The van der Waals surface area contributed by atoms with Crippen LogP contribution in [0.3, 0.4) is 0 Å². The van der Waals surface area contributed by atoms with Gasteiger partial charge in [-0.05, 0) is 30.9 Å². The lowest BCUT2D eigenvalue weighted by molar-refractivity contribution is -0.144. The highest BCUT2D eigenvalue weighted by Crippen LogP contribution is 2.28. The van der Waals surface area contributed by atoms with E-state index in [2.05, 4.69) is 5.32 Å². The number of hydrogen-bond acceptors (Lipinski definition) is 3. The summed E-state index contributed by atoms with van der Waals surface area (Å²) in [6.45, 7) is 2.22. The minimum Gasteiger partial charge on any atom is -0.480 e. The SMILES string of the molecule is C[C@@](NCCc1cccs1)(C(=O)O)c1ccccc1Cl.Cl. The van der Waals surface area contributed by atoms with Gasteiger partial charge in [0.25, 0.3) is 0 Å². The molecule has 114 valence electrons. The van der Waals surface area contributed by atoms with E-state index in [9.17, 15) is 9.90 Å². The summed E-state index contributed by atoms with van der Waals surface area (Å²) in [4.78, 5) is 12.9. The molecule has 0 spiro atoms. The fourth-order valence-corrected chi connectivity index (χ4v) is 3.08. The molecule has 0 saturated carbocycles. The lowest BCUT2D eigenvalue weighted by Gasteiger charge is -2.27. The summed E-state index contributed by atoms with van der Waals surface area (Å²) in [5.74, 6) is -0.934. The summed E-state index contributed by atoms with van der Waals surface area (Å²) in [7, 11) is 0. The number of halogens is 2. The molecule has 1 heterocycles. The van der Waals surface area contributed by atoms with Gasteiger partial charge in [-0.2, -0.15) is 0 Å². The number of benzene rings is 1.